The smallest absolute Gasteiger partial charge is 0.313 e. The van der Waals surface area contributed by atoms with Crippen LogP contribution in [-0.4, -0.2) is 56.7 Å². The summed E-state index contributed by atoms with van der Waals surface area (Å²) in [5.41, 5.74) is 0.893. The summed E-state index contributed by atoms with van der Waals surface area (Å²) in [5, 5.41) is 16.9. The summed E-state index contributed by atoms with van der Waals surface area (Å²) in [6.07, 6.45) is 1.54. The van der Waals surface area contributed by atoms with Crippen LogP contribution in [0.1, 0.15) is 24.7 Å². The standard InChI is InChI=1S/C17H19N3O4S/c21-14(10-25-11-15(22)23)20-8-6-13(7-9-20)17-19-18-16(24-17)12-4-2-1-3-5-12/h1-5,13H,6-11H2,(H,22,23). The summed E-state index contributed by atoms with van der Waals surface area (Å²) in [6.45, 7) is 1.25. The number of nitrogens with zero attached hydrogens (tertiary/aromatic N) is 3. The van der Waals surface area contributed by atoms with Crippen LogP contribution in [0.2, 0.25) is 0 Å². The molecule has 25 heavy (non-hydrogen) atoms. The summed E-state index contributed by atoms with van der Waals surface area (Å²) >= 11 is 1.13. The summed E-state index contributed by atoms with van der Waals surface area (Å²) in [6, 6.07) is 9.63. The number of aliphatic carboxylic acids is 1. The number of carbonyl (C=O) groups excluding carboxylic acids is 1. The van der Waals surface area contributed by atoms with E-state index in [2.05, 4.69) is 10.2 Å². The first kappa shape index (κ1) is 17.5. The molecule has 7 nitrogen and oxygen atoms in total. The predicted octanol–water partition coefficient (Wildman–Crippen LogP) is 2.26. The molecule has 1 aromatic carbocycles. The normalized spacial score (nSPS) is 15.3. The number of likely N-dealkylation sites (tertiary alicyclic amines) is 1. The molecule has 1 amide bonds. The van der Waals surface area contributed by atoms with Gasteiger partial charge in [0.25, 0.3) is 0 Å². The second-order valence-corrected chi connectivity index (χ2v) is 6.84. The average molecular weight is 361 g/mol. The van der Waals surface area contributed by atoms with Crippen LogP contribution in [0.5, 0.6) is 0 Å². The Morgan fingerprint density at radius 3 is 2.56 bits per heavy atom. The Hall–Kier alpha value is -2.35. The van der Waals surface area contributed by atoms with Crippen LogP contribution >= 0.6 is 11.8 Å². The lowest BCUT2D eigenvalue weighted by Crippen LogP contribution is -2.39. The fourth-order valence-electron chi connectivity index (χ4n) is 2.79. The topological polar surface area (TPSA) is 96.5 Å². The molecule has 0 bridgehead atoms. The number of amides is 1. The van der Waals surface area contributed by atoms with Crippen LogP contribution in [0.3, 0.4) is 0 Å². The number of piperidine rings is 1. The Balaban J connectivity index is 1.52. The molecule has 1 aliphatic rings. The molecule has 0 unspecified atom stereocenters. The largest absolute Gasteiger partial charge is 0.481 e. The molecule has 132 valence electrons. The van der Waals surface area contributed by atoms with Gasteiger partial charge in [-0.15, -0.1) is 22.0 Å². The molecule has 1 fully saturated rings. The van der Waals surface area contributed by atoms with E-state index in [1.54, 1.807) is 4.90 Å². The van der Waals surface area contributed by atoms with Crippen molar-refractivity contribution in [2.75, 3.05) is 24.6 Å². The first-order chi connectivity index (χ1) is 12.1. The number of benzene rings is 1. The zero-order valence-electron chi connectivity index (χ0n) is 13.6. The van der Waals surface area contributed by atoms with Crippen LogP contribution in [0.4, 0.5) is 0 Å². The third-order valence-electron chi connectivity index (χ3n) is 4.11. The van der Waals surface area contributed by atoms with E-state index in [4.69, 9.17) is 9.52 Å². The van der Waals surface area contributed by atoms with Crippen LogP contribution in [-0.2, 0) is 9.59 Å². The maximum Gasteiger partial charge on any atom is 0.313 e. The van der Waals surface area contributed by atoms with Gasteiger partial charge in [-0.05, 0) is 25.0 Å². The van der Waals surface area contributed by atoms with Gasteiger partial charge in [0.05, 0.1) is 11.5 Å². The predicted molar refractivity (Wildman–Crippen MR) is 93.2 cm³/mol. The van der Waals surface area contributed by atoms with Crippen molar-refractivity contribution in [1.29, 1.82) is 0 Å². The lowest BCUT2D eigenvalue weighted by Gasteiger charge is -2.30. The van der Waals surface area contributed by atoms with Crippen molar-refractivity contribution in [2.45, 2.75) is 18.8 Å². The second-order valence-electron chi connectivity index (χ2n) is 5.85. The third kappa shape index (κ3) is 4.60. The molecular weight excluding hydrogens is 342 g/mol. The maximum atomic E-state index is 12.1. The number of carboxylic acid groups (broad SMARTS) is 1. The molecule has 1 aromatic heterocycles. The third-order valence-corrected chi connectivity index (χ3v) is 5.01. The number of hydrogen-bond acceptors (Lipinski definition) is 6. The summed E-state index contributed by atoms with van der Waals surface area (Å²) in [7, 11) is 0. The highest BCUT2D eigenvalue weighted by molar-refractivity contribution is 8.00. The number of carbonyl (C=O) groups is 2. The molecular formula is C17H19N3O4S. The minimum absolute atomic E-state index is 0.0137. The van der Waals surface area contributed by atoms with Crippen LogP contribution < -0.4 is 0 Å². The van der Waals surface area contributed by atoms with Crippen molar-refractivity contribution < 1.29 is 19.1 Å². The lowest BCUT2D eigenvalue weighted by atomic mass is 9.97. The number of hydrogen-bond donors (Lipinski definition) is 1. The van der Waals surface area contributed by atoms with E-state index in [1.165, 1.54) is 0 Å². The van der Waals surface area contributed by atoms with Crippen molar-refractivity contribution >= 4 is 23.6 Å². The van der Waals surface area contributed by atoms with E-state index in [0.717, 1.165) is 30.2 Å². The Labute approximate surface area is 149 Å². The number of aromatic nitrogens is 2. The summed E-state index contributed by atoms with van der Waals surface area (Å²) in [5.74, 6) is 0.524. The highest BCUT2D eigenvalue weighted by Crippen LogP contribution is 2.29. The quantitative estimate of drug-likeness (QED) is 0.843. The van der Waals surface area contributed by atoms with E-state index in [9.17, 15) is 9.59 Å². The monoisotopic (exact) mass is 361 g/mol. The highest BCUT2D eigenvalue weighted by atomic mass is 32.2. The van der Waals surface area contributed by atoms with E-state index >= 15 is 0 Å². The van der Waals surface area contributed by atoms with Gasteiger partial charge in [-0.3, -0.25) is 9.59 Å². The second kappa shape index (κ2) is 8.15. The highest BCUT2D eigenvalue weighted by Gasteiger charge is 2.27. The van der Waals surface area contributed by atoms with Gasteiger partial charge in [-0.1, -0.05) is 18.2 Å². The molecule has 1 saturated heterocycles. The molecule has 2 heterocycles. The average Bonchev–Trinajstić information content (AvgIpc) is 3.12. The SMILES string of the molecule is O=C(O)CSCC(=O)N1CCC(c2nnc(-c3ccccc3)o2)CC1. The molecule has 0 saturated carbocycles. The fourth-order valence-corrected chi connectivity index (χ4v) is 3.42. The zero-order valence-corrected chi connectivity index (χ0v) is 14.4. The van der Waals surface area contributed by atoms with E-state index in [-0.39, 0.29) is 23.3 Å². The van der Waals surface area contributed by atoms with Crippen molar-refractivity contribution in [3.63, 3.8) is 0 Å². The maximum absolute atomic E-state index is 12.1. The lowest BCUT2D eigenvalue weighted by molar-refractivity contribution is -0.133. The van der Waals surface area contributed by atoms with Gasteiger partial charge in [0, 0.05) is 24.6 Å². The van der Waals surface area contributed by atoms with Crippen LogP contribution in [0.25, 0.3) is 11.5 Å². The van der Waals surface area contributed by atoms with Crippen molar-refractivity contribution in [1.82, 2.24) is 15.1 Å². The number of carboxylic acids is 1. The summed E-state index contributed by atoms with van der Waals surface area (Å²) < 4.78 is 5.80. The Kier molecular flexibility index (Phi) is 5.70. The van der Waals surface area contributed by atoms with Gasteiger partial charge in [0.2, 0.25) is 17.7 Å². The molecule has 0 radical (unpaired) electrons. The molecule has 2 aromatic rings. The van der Waals surface area contributed by atoms with Crippen molar-refractivity contribution in [3.05, 3.63) is 36.2 Å². The van der Waals surface area contributed by atoms with Gasteiger partial charge in [-0.25, -0.2) is 0 Å². The van der Waals surface area contributed by atoms with Gasteiger partial charge in [-0.2, -0.15) is 0 Å². The van der Waals surface area contributed by atoms with Crippen molar-refractivity contribution in [2.24, 2.45) is 0 Å². The molecule has 1 N–H and O–H groups in total. The van der Waals surface area contributed by atoms with Gasteiger partial charge >= 0.3 is 5.97 Å². The Morgan fingerprint density at radius 2 is 1.88 bits per heavy atom. The minimum Gasteiger partial charge on any atom is -0.481 e. The minimum atomic E-state index is -0.901. The Bertz CT molecular complexity index is 727. The zero-order chi connectivity index (χ0) is 17.6. The van der Waals surface area contributed by atoms with E-state index in [1.807, 2.05) is 30.3 Å². The van der Waals surface area contributed by atoms with Gasteiger partial charge < -0.3 is 14.4 Å². The molecule has 0 spiro atoms. The Morgan fingerprint density at radius 1 is 1.16 bits per heavy atom. The van der Waals surface area contributed by atoms with E-state index in [0.29, 0.717) is 24.9 Å². The molecule has 3 rings (SSSR count). The molecule has 8 heteroatoms. The fraction of sp³-hybridized carbons (Fsp3) is 0.412. The number of thioether (sulfide) groups is 1. The molecule has 0 aliphatic carbocycles. The van der Waals surface area contributed by atoms with E-state index < -0.39 is 5.97 Å². The van der Waals surface area contributed by atoms with Gasteiger partial charge in [0.15, 0.2) is 0 Å². The van der Waals surface area contributed by atoms with Crippen LogP contribution in [0, 0.1) is 0 Å². The number of rotatable bonds is 6. The first-order valence-corrected chi connectivity index (χ1v) is 9.25. The first-order valence-electron chi connectivity index (χ1n) is 8.09. The summed E-state index contributed by atoms with van der Waals surface area (Å²) in [4.78, 5) is 24.3. The molecule has 1 aliphatic heterocycles. The van der Waals surface area contributed by atoms with Crippen LogP contribution in [0.15, 0.2) is 34.7 Å². The van der Waals surface area contributed by atoms with Crippen molar-refractivity contribution in [3.8, 4) is 11.5 Å². The molecule has 0 atom stereocenters. The van der Waals surface area contributed by atoms with Gasteiger partial charge in [0.1, 0.15) is 0 Å².